The molecule has 0 saturated carbocycles. The van der Waals surface area contributed by atoms with Crippen LogP contribution in [-0.4, -0.2) is 54.1 Å². The largest absolute Gasteiger partial charge is 0.478 e. The lowest BCUT2D eigenvalue weighted by molar-refractivity contribution is 0.0694. The van der Waals surface area contributed by atoms with Gasteiger partial charge in [0.1, 0.15) is 5.82 Å². The average Bonchev–Trinajstić information content (AvgIpc) is 2.54. The normalized spacial score (nSPS) is 18.2. The van der Waals surface area contributed by atoms with Gasteiger partial charge in [0.15, 0.2) is 0 Å². The molecule has 5 heteroatoms. The van der Waals surface area contributed by atoms with Crippen LogP contribution >= 0.6 is 0 Å². The van der Waals surface area contributed by atoms with Crippen molar-refractivity contribution >= 4 is 5.97 Å². The number of carboxylic acids is 1. The molecule has 1 saturated heterocycles. The molecule has 1 aromatic rings. The van der Waals surface area contributed by atoms with Gasteiger partial charge in [-0.3, -0.25) is 4.90 Å². The summed E-state index contributed by atoms with van der Waals surface area (Å²) in [4.78, 5) is 15.6. The second-order valence-electron chi connectivity index (χ2n) is 5.04. The molecule has 0 aromatic heterocycles. The van der Waals surface area contributed by atoms with E-state index in [1.54, 1.807) is 0 Å². The first-order valence-corrected chi connectivity index (χ1v) is 6.49. The van der Waals surface area contributed by atoms with E-state index in [9.17, 15) is 9.18 Å². The summed E-state index contributed by atoms with van der Waals surface area (Å²) >= 11 is 0. The van der Waals surface area contributed by atoms with Crippen molar-refractivity contribution in [2.75, 3.05) is 33.2 Å². The quantitative estimate of drug-likeness (QED) is 0.903. The minimum Gasteiger partial charge on any atom is -0.478 e. The Balaban J connectivity index is 2.13. The number of benzene rings is 1. The highest BCUT2D eigenvalue weighted by Crippen LogP contribution is 2.15. The molecule has 2 rings (SSSR count). The van der Waals surface area contributed by atoms with Gasteiger partial charge < -0.3 is 10.0 Å². The third-order valence-electron chi connectivity index (χ3n) is 3.50. The Hall–Kier alpha value is -1.46. The van der Waals surface area contributed by atoms with E-state index in [1.165, 1.54) is 18.2 Å². The van der Waals surface area contributed by atoms with Crippen LogP contribution in [0.4, 0.5) is 4.39 Å². The fraction of sp³-hybridized carbons (Fsp3) is 0.500. The number of halogens is 1. The molecule has 104 valence electrons. The maximum Gasteiger partial charge on any atom is 0.336 e. The molecule has 1 fully saturated rings. The highest BCUT2D eigenvalue weighted by atomic mass is 19.1. The van der Waals surface area contributed by atoms with E-state index in [4.69, 9.17) is 5.11 Å². The van der Waals surface area contributed by atoms with E-state index in [-0.39, 0.29) is 11.4 Å². The molecular formula is C14H19FN2O2. The minimum absolute atomic E-state index is 0.194. The van der Waals surface area contributed by atoms with Gasteiger partial charge in [-0.15, -0.1) is 0 Å². The molecule has 0 amide bonds. The number of rotatable bonds is 3. The lowest BCUT2D eigenvalue weighted by Crippen LogP contribution is -2.29. The summed E-state index contributed by atoms with van der Waals surface area (Å²) in [5.41, 5.74) is 0.746. The molecule has 1 aliphatic heterocycles. The Labute approximate surface area is 112 Å². The zero-order valence-electron chi connectivity index (χ0n) is 11.1. The monoisotopic (exact) mass is 266 g/mol. The lowest BCUT2D eigenvalue weighted by atomic mass is 10.1. The fourth-order valence-corrected chi connectivity index (χ4v) is 2.40. The molecule has 0 aliphatic carbocycles. The van der Waals surface area contributed by atoms with Crippen LogP contribution in [0.3, 0.4) is 0 Å². The molecule has 0 unspecified atom stereocenters. The highest BCUT2D eigenvalue weighted by molar-refractivity contribution is 5.89. The second-order valence-corrected chi connectivity index (χ2v) is 5.04. The number of aromatic carboxylic acids is 1. The van der Waals surface area contributed by atoms with Crippen LogP contribution in [0, 0.1) is 5.82 Å². The van der Waals surface area contributed by atoms with E-state index >= 15 is 0 Å². The van der Waals surface area contributed by atoms with Gasteiger partial charge in [-0.1, -0.05) is 0 Å². The molecule has 0 bridgehead atoms. The molecule has 0 atom stereocenters. The number of carbonyl (C=O) groups is 1. The first kappa shape index (κ1) is 14.0. The standard InChI is InChI=1S/C14H19FN2O2/c1-16-5-2-6-17(8-7-16)10-11-9-12(15)3-4-13(11)14(18)19/h3-4,9H,2,5-8,10H2,1H3,(H,18,19). The van der Waals surface area contributed by atoms with E-state index in [2.05, 4.69) is 16.8 Å². The van der Waals surface area contributed by atoms with Gasteiger partial charge in [0.25, 0.3) is 0 Å². The lowest BCUT2D eigenvalue weighted by Gasteiger charge is -2.21. The van der Waals surface area contributed by atoms with Crippen LogP contribution < -0.4 is 0 Å². The van der Waals surface area contributed by atoms with Crippen molar-refractivity contribution in [3.05, 3.63) is 35.1 Å². The summed E-state index contributed by atoms with van der Waals surface area (Å²) in [5, 5.41) is 9.13. The van der Waals surface area contributed by atoms with Crippen LogP contribution in [0.1, 0.15) is 22.3 Å². The van der Waals surface area contributed by atoms with Gasteiger partial charge in [0.05, 0.1) is 5.56 Å². The maximum absolute atomic E-state index is 13.3. The number of hydrogen-bond acceptors (Lipinski definition) is 3. The molecule has 4 nitrogen and oxygen atoms in total. The highest BCUT2D eigenvalue weighted by Gasteiger charge is 2.16. The molecule has 19 heavy (non-hydrogen) atoms. The smallest absolute Gasteiger partial charge is 0.336 e. The van der Waals surface area contributed by atoms with Gasteiger partial charge in [0.2, 0.25) is 0 Å². The Morgan fingerprint density at radius 2 is 2.11 bits per heavy atom. The molecular weight excluding hydrogens is 247 g/mol. The number of nitrogens with zero attached hydrogens (tertiary/aromatic N) is 2. The number of hydrogen-bond donors (Lipinski definition) is 1. The van der Waals surface area contributed by atoms with Crippen molar-refractivity contribution in [1.29, 1.82) is 0 Å². The van der Waals surface area contributed by atoms with Crippen molar-refractivity contribution in [1.82, 2.24) is 9.80 Å². The van der Waals surface area contributed by atoms with Crippen molar-refractivity contribution in [2.24, 2.45) is 0 Å². The molecule has 1 N–H and O–H groups in total. The van der Waals surface area contributed by atoms with Crippen LogP contribution in [0.15, 0.2) is 18.2 Å². The van der Waals surface area contributed by atoms with Crippen LogP contribution in [0.5, 0.6) is 0 Å². The van der Waals surface area contributed by atoms with Gasteiger partial charge in [-0.05, 0) is 50.3 Å². The van der Waals surface area contributed by atoms with Gasteiger partial charge in [-0.2, -0.15) is 0 Å². The van der Waals surface area contributed by atoms with E-state index in [1.807, 2.05) is 0 Å². The summed E-state index contributed by atoms with van der Waals surface area (Å²) in [7, 11) is 2.08. The second kappa shape index (κ2) is 6.12. The Morgan fingerprint density at radius 3 is 2.84 bits per heavy atom. The SMILES string of the molecule is CN1CCCN(Cc2cc(F)ccc2C(=O)O)CC1. The Kier molecular flexibility index (Phi) is 4.50. The topological polar surface area (TPSA) is 43.8 Å². The van der Waals surface area contributed by atoms with Crippen LogP contribution in [-0.2, 0) is 6.54 Å². The summed E-state index contributed by atoms with van der Waals surface area (Å²) in [6.07, 6.45) is 1.05. The summed E-state index contributed by atoms with van der Waals surface area (Å²) < 4.78 is 13.3. The zero-order chi connectivity index (χ0) is 13.8. The predicted octanol–water partition coefficient (Wildman–Crippen LogP) is 1.66. The van der Waals surface area contributed by atoms with Gasteiger partial charge in [-0.25, -0.2) is 9.18 Å². The number of carboxylic acid groups (broad SMARTS) is 1. The summed E-state index contributed by atoms with van der Waals surface area (Å²) in [6.45, 7) is 4.29. The first-order valence-electron chi connectivity index (χ1n) is 6.49. The Bertz CT molecular complexity index is 465. The molecule has 0 spiro atoms. The number of likely N-dealkylation sites (N-methyl/N-ethyl adjacent to an activating group) is 1. The maximum atomic E-state index is 13.3. The summed E-state index contributed by atoms with van der Waals surface area (Å²) in [6, 6.07) is 3.87. The molecule has 1 aliphatic rings. The van der Waals surface area contributed by atoms with Crippen LogP contribution in [0.2, 0.25) is 0 Å². The molecule has 1 aromatic carbocycles. The third-order valence-corrected chi connectivity index (χ3v) is 3.50. The summed E-state index contributed by atoms with van der Waals surface area (Å²) in [5.74, 6) is -1.38. The predicted molar refractivity (Wildman–Crippen MR) is 70.8 cm³/mol. The van der Waals surface area contributed by atoms with Gasteiger partial charge in [0, 0.05) is 19.6 Å². The van der Waals surface area contributed by atoms with Gasteiger partial charge >= 0.3 is 5.97 Å². The van der Waals surface area contributed by atoms with Crippen molar-refractivity contribution in [3.8, 4) is 0 Å². The Morgan fingerprint density at radius 1 is 1.32 bits per heavy atom. The fourth-order valence-electron chi connectivity index (χ4n) is 2.40. The van der Waals surface area contributed by atoms with E-state index < -0.39 is 5.97 Å². The third kappa shape index (κ3) is 3.75. The van der Waals surface area contributed by atoms with Crippen molar-refractivity contribution in [3.63, 3.8) is 0 Å². The first-order chi connectivity index (χ1) is 9.06. The van der Waals surface area contributed by atoms with E-state index in [0.29, 0.717) is 12.1 Å². The van der Waals surface area contributed by atoms with Crippen molar-refractivity contribution in [2.45, 2.75) is 13.0 Å². The molecule has 0 radical (unpaired) electrons. The average molecular weight is 266 g/mol. The zero-order valence-corrected chi connectivity index (χ0v) is 11.1. The molecule has 1 heterocycles. The van der Waals surface area contributed by atoms with E-state index in [0.717, 1.165) is 32.6 Å². The van der Waals surface area contributed by atoms with Crippen molar-refractivity contribution < 1.29 is 14.3 Å². The van der Waals surface area contributed by atoms with Crippen LogP contribution in [0.25, 0.3) is 0 Å². The minimum atomic E-state index is -0.998.